The molecular formula is C15H11NO2. The number of methoxy groups -OCH3 is 1. The van der Waals surface area contributed by atoms with Crippen LogP contribution in [0.25, 0.3) is 4.85 Å². The normalized spacial score (nSPS) is 9.56. The van der Waals surface area contributed by atoms with Gasteiger partial charge in [-0.15, -0.1) is 0 Å². The van der Waals surface area contributed by atoms with Crippen molar-refractivity contribution in [2.75, 3.05) is 7.11 Å². The molecule has 0 spiro atoms. The predicted molar refractivity (Wildman–Crippen MR) is 69.1 cm³/mol. The molecule has 0 aliphatic heterocycles. The van der Waals surface area contributed by atoms with E-state index in [1.165, 1.54) is 0 Å². The molecule has 3 nitrogen and oxygen atoms in total. The molecule has 0 heterocycles. The van der Waals surface area contributed by atoms with Crippen LogP contribution in [-0.4, -0.2) is 12.9 Å². The quantitative estimate of drug-likeness (QED) is 0.604. The fourth-order valence-corrected chi connectivity index (χ4v) is 1.60. The molecule has 88 valence electrons. The Morgan fingerprint density at radius 1 is 1.00 bits per heavy atom. The average Bonchev–Trinajstić information content (AvgIpc) is 2.47. The lowest BCUT2D eigenvalue weighted by Crippen LogP contribution is -2.00. The number of ketones is 1. The number of hydrogen-bond acceptors (Lipinski definition) is 2. The summed E-state index contributed by atoms with van der Waals surface area (Å²) in [4.78, 5) is 15.4. The van der Waals surface area contributed by atoms with E-state index < -0.39 is 0 Å². The number of rotatable bonds is 3. The number of nitrogens with zero attached hydrogens (tertiary/aromatic N) is 1. The van der Waals surface area contributed by atoms with E-state index in [0.717, 1.165) is 5.75 Å². The summed E-state index contributed by atoms with van der Waals surface area (Å²) in [7, 11) is 1.58. The van der Waals surface area contributed by atoms with Gasteiger partial charge in [0.25, 0.3) is 0 Å². The number of carbonyl (C=O) groups excluding carboxylic acids is 1. The van der Waals surface area contributed by atoms with E-state index in [9.17, 15) is 4.79 Å². The maximum Gasteiger partial charge on any atom is 0.192 e. The Kier molecular flexibility index (Phi) is 3.40. The molecule has 2 aromatic rings. The van der Waals surface area contributed by atoms with Crippen LogP contribution in [0.1, 0.15) is 15.9 Å². The summed E-state index contributed by atoms with van der Waals surface area (Å²) in [6.07, 6.45) is 0. The van der Waals surface area contributed by atoms with E-state index in [1.807, 2.05) is 0 Å². The van der Waals surface area contributed by atoms with Crippen molar-refractivity contribution in [1.82, 2.24) is 0 Å². The predicted octanol–water partition coefficient (Wildman–Crippen LogP) is 3.48. The van der Waals surface area contributed by atoms with Crippen molar-refractivity contribution in [3.05, 3.63) is 71.1 Å². The largest absolute Gasteiger partial charge is 0.497 e. The van der Waals surface area contributed by atoms with Crippen LogP contribution in [0, 0.1) is 6.57 Å². The van der Waals surface area contributed by atoms with Gasteiger partial charge in [-0.05, 0) is 24.3 Å². The zero-order valence-corrected chi connectivity index (χ0v) is 9.88. The Morgan fingerprint density at radius 3 is 1.94 bits per heavy atom. The topological polar surface area (TPSA) is 30.7 Å². The molecule has 0 aliphatic carbocycles. The van der Waals surface area contributed by atoms with Gasteiger partial charge >= 0.3 is 0 Å². The monoisotopic (exact) mass is 237 g/mol. The second kappa shape index (κ2) is 5.15. The maximum absolute atomic E-state index is 12.1. The van der Waals surface area contributed by atoms with E-state index in [-0.39, 0.29) is 5.78 Å². The molecule has 0 aromatic heterocycles. The standard InChI is InChI=1S/C15H11NO2/c1-16-13-7-3-11(4-8-13)15(17)12-5-9-14(18-2)10-6-12/h3-10H,2H3. The minimum atomic E-state index is -0.0609. The van der Waals surface area contributed by atoms with Gasteiger partial charge in [0.05, 0.1) is 13.7 Å². The van der Waals surface area contributed by atoms with Gasteiger partial charge in [-0.2, -0.15) is 0 Å². The van der Waals surface area contributed by atoms with Gasteiger partial charge in [0.15, 0.2) is 11.5 Å². The minimum Gasteiger partial charge on any atom is -0.497 e. The molecule has 18 heavy (non-hydrogen) atoms. The van der Waals surface area contributed by atoms with Crippen LogP contribution in [-0.2, 0) is 0 Å². The molecule has 0 amide bonds. The van der Waals surface area contributed by atoms with Crippen LogP contribution in [0.2, 0.25) is 0 Å². The van der Waals surface area contributed by atoms with Gasteiger partial charge in [-0.3, -0.25) is 4.79 Å². The summed E-state index contributed by atoms with van der Waals surface area (Å²) in [5.74, 6) is 0.657. The Labute approximate surface area is 105 Å². The molecule has 0 unspecified atom stereocenters. The molecule has 2 aromatic carbocycles. The smallest absolute Gasteiger partial charge is 0.192 e. The fraction of sp³-hybridized carbons (Fsp3) is 0.0667. The van der Waals surface area contributed by atoms with Crippen molar-refractivity contribution in [2.24, 2.45) is 0 Å². The Bertz CT molecular complexity index is 592. The van der Waals surface area contributed by atoms with Crippen LogP contribution in [0.15, 0.2) is 48.5 Å². The Hall–Kier alpha value is -2.60. The van der Waals surface area contributed by atoms with Gasteiger partial charge in [-0.1, -0.05) is 24.3 Å². The summed E-state index contributed by atoms with van der Waals surface area (Å²) in [6, 6.07) is 13.6. The lowest BCUT2D eigenvalue weighted by atomic mass is 10.0. The zero-order chi connectivity index (χ0) is 13.0. The van der Waals surface area contributed by atoms with E-state index in [0.29, 0.717) is 16.8 Å². The molecule has 0 saturated heterocycles. The maximum atomic E-state index is 12.1. The Balaban J connectivity index is 2.26. The van der Waals surface area contributed by atoms with Crippen molar-refractivity contribution in [3.8, 4) is 5.75 Å². The molecule has 0 atom stereocenters. The fourth-order valence-electron chi connectivity index (χ4n) is 1.60. The van der Waals surface area contributed by atoms with Crippen molar-refractivity contribution >= 4 is 11.5 Å². The van der Waals surface area contributed by atoms with Crippen LogP contribution >= 0.6 is 0 Å². The first-order chi connectivity index (χ1) is 8.74. The van der Waals surface area contributed by atoms with Gasteiger partial charge < -0.3 is 4.74 Å². The van der Waals surface area contributed by atoms with Gasteiger partial charge in [0.2, 0.25) is 0 Å². The summed E-state index contributed by atoms with van der Waals surface area (Å²) >= 11 is 0. The average molecular weight is 237 g/mol. The van der Waals surface area contributed by atoms with Crippen LogP contribution in [0.5, 0.6) is 5.75 Å². The second-order valence-corrected chi connectivity index (χ2v) is 3.72. The van der Waals surface area contributed by atoms with Crippen molar-refractivity contribution < 1.29 is 9.53 Å². The zero-order valence-electron chi connectivity index (χ0n) is 9.88. The molecule has 3 heteroatoms. The first-order valence-electron chi connectivity index (χ1n) is 5.41. The molecule has 0 bridgehead atoms. The number of ether oxygens (including phenoxy) is 1. The Morgan fingerprint density at radius 2 is 1.50 bits per heavy atom. The van der Waals surface area contributed by atoms with Gasteiger partial charge in [0.1, 0.15) is 5.75 Å². The van der Waals surface area contributed by atoms with E-state index in [2.05, 4.69) is 4.85 Å². The minimum absolute atomic E-state index is 0.0609. The van der Waals surface area contributed by atoms with Crippen LogP contribution < -0.4 is 4.74 Å². The van der Waals surface area contributed by atoms with E-state index in [1.54, 1.807) is 55.6 Å². The summed E-state index contributed by atoms with van der Waals surface area (Å²) in [6.45, 7) is 6.86. The molecule has 0 saturated carbocycles. The third-order valence-corrected chi connectivity index (χ3v) is 2.61. The number of benzene rings is 2. The van der Waals surface area contributed by atoms with Crippen molar-refractivity contribution in [1.29, 1.82) is 0 Å². The molecule has 0 fully saturated rings. The summed E-state index contributed by atoms with van der Waals surface area (Å²) < 4.78 is 5.04. The third kappa shape index (κ3) is 2.38. The molecule has 0 aliphatic rings. The van der Waals surface area contributed by atoms with Crippen molar-refractivity contribution in [2.45, 2.75) is 0 Å². The van der Waals surface area contributed by atoms with Crippen LogP contribution in [0.4, 0.5) is 5.69 Å². The lowest BCUT2D eigenvalue weighted by Gasteiger charge is -2.03. The van der Waals surface area contributed by atoms with Crippen molar-refractivity contribution in [3.63, 3.8) is 0 Å². The highest BCUT2D eigenvalue weighted by molar-refractivity contribution is 6.09. The molecule has 0 N–H and O–H groups in total. The highest BCUT2D eigenvalue weighted by Crippen LogP contribution is 2.17. The number of hydrogen-bond donors (Lipinski definition) is 0. The SMILES string of the molecule is [C-]#[N+]c1ccc(C(=O)c2ccc(OC)cc2)cc1. The lowest BCUT2D eigenvalue weighted by molar-refractivity contribution is 0.103. The summed E-state index contributed by atoms with van der Waals surface area (Å²) in [5.41, 5.74) is 1.71. The molecular weight excluding hydrogens is 226 g/mol. The third-order valence-electron chi connectivity index (χ3n) is 2.61. The van der Waals surface area contributed by atoms with Crippen LogP contribution in [0.3, 0.4) is 0 Å². The van der Waals surface area contributed by atoms with Gasteiger partial charge in [0, 0.05) is 11.1 Å². The van der Waals surface area contributed by atoms with E-state index >= 15 is 0 Å². The molecule has 0 radical (unpaired) electrons. The van der Waals surface area contributed by atoms with Gasteiger partial charge in [-0.25, -0.2) is 4.85 Å². The first kappa shape index (κ1) is 11.9. The number of carbonyl (C=O) groups is 1. The molecule has 2 rings (SSSR count). The highest BCUT2D eigenvalue weighted by atomic mass is 16.5. The first-order valence-corrected chi connectivity index (χ1v) is 5.41. The summed E-state index contributed by atoms with van der Waals surface area (Å²) in [5, 5.41) is 0. The highest BCUT2D eigenvalue weighted by Gasteiger charge is 2.08. The second-order valence-electron chi connectivity index (χ2n) is 3.72. The van der Waals surface area contributed by atoms with E-state index in [4.69, 9.17) is 11.3 Å².